The second kappa shape index (κ2) is 16.9. The topological polar surface area (TPSA) is 20.3 Å². The van der Waals surface area contributed by atoms with E-state index in [1.165, 1.54) is 6.42 Å². The molecule has 0 radical (unpaired) electrons. The summed E-state index contributed by atoms with van der Waals surface area (Å²) < 4.78 is 0. The molecule has 1 rings (SSSR count). The van der Waals surface area contributed by atoms with Crippen LogP contribution in [0.25, 0.3) is 0 Å². The monoisotopic (exact) mass is 231 g/mol. The van der Waals surface area contributed by atoms with Crippen molar-refractivity contribution in [3.63, 3.8) is 0 Å². The highest BCUT2D eigenvalue weighted by Gasteiger charge is 2.20. The van der Waals surface area contributed by atoms with Crippen molar-refractivity contribution >= 4 is 5.91 Å². The Morgan fingerprint density at radius 3 is 1.88 bits per heavy atom. The van der Waals surface area contributed by atoms with Gasteiger partial charge in [-0.25, -0.2) is 0 Å². The lowest BCUT2D eigenvalue weighted by molar-refractivity contribution is -0.133. The Kier molecular flexibility index (Phi) is 22.0. The van der Waals surface area contributed by atoms with Crippen LogP contribution in [0.1, 0.15) is 67.7 Å². The molecule has 1 fully saturated rings. The largest absolute Gasteiger partial charge is 0.345 e. The van der Waals surface area contributed by atoms with Crippen molar-refractivity contribution in [2.24, 2.45) is 5.92 Å². The van der Waals surface area contributed by atoms with Crippen LogP contribution in [0, 0.1) is 5.92 Å². The lowest BCUT2D eigenvalue weighted by atomic mass is 9.96. The first kappa shape index (κ1) is 20.8. The molecule has 0 aromatic rings. The Bertz CT molecular complexity index is 135. The number of carbonyl (C=O) groups is 1. The first-order valence-electron chi connectivity index (χ1n) is 6.98. The summed E-state index contributed by atoms with van der Waals surface area (Å²) in [4.78, 5) is 12.8. The van der Waals surface area contributed by atoms with Gasteiger partial charge < -0.3 is 4.90 Å². The molecule has 1 atom stereocenters. The van der Waals surface area contributed by atoms with Crippen molar-refractivity contribution in [1.29, 1.82) is 0 Å². The van der Waals surface area contributed by atoms with Crippen LogP contribution in [0.15, 0.2) is 0 Å². The van der Waals surface area contributed by atoms with E-state index in [0.717, 1.165) is 25.3 Å². The molecule has 100 valence electrons. The van der Waals surface area contributed by atoms with Gasteiger partial charge in [-0.3, -0.25) is 4.79 Å². The molecule has 16 heavy (non-hydrogen) atoms. The summed E-state index contributed by atoms with van der Waals surface area (Å²) in [5.74, 6) is 1.06. The van der Waals surface area contributed by atoms with E-state index < -0.39 is 0 Å². The SMILES string of the molecule is CC.CC.CC.CCC1CCC(=O)N(C)C1. The minimum absolute atomic E-state index is 0.310. The minimum atomic E-state index is 0.310. The average molecular weight is 231 g/mol. The van der Waals surface area contributed by atoms with Crippen molar-refractivity contribution in [2.75, 3.05) is 13.6 Å². The molecule has 1 saturated heterocycles. The third-order valence-corrected chi connectivity index (χ3v) is 2.30. The minimum Gasteiger partial charge on any atom is -0.345 e. The highest BCUT2D eigenvalue weighted by molar-refractivity contribution is 5.76. The molecule has 0 saturated carbocycles. The van der Waals surface area contributed by atoms with Gasteiger partial charge in [0.15, 0.2) is 0 Å². The Morgan fingerprint density at radius 2 is 1.56 bits per heavy atom. The number of hydrogen-bond acceptors (Lipinski definition) is 1. The number of hydrogen-bond donors (Lipinski definition) is 0. The fourth-order valence-corrected chi connectivity index (χ4v) is 1.43. The van der Waals surface area contributed by atoms with E-state index in [9.17, 15) is 4.79 Å². The van der Waals surface area contributed by atoms with Crippen molar-refractivity contribution < 1.29 is 4.79 Å². The summed E-state index contributed by atoms with van der Waals surface area (Å²) in [6.45, 7) is 15.2. The summed E-state index contributed by atoms with van der Waals surface area (Å²) >= 11 is 0. The van der Waals surface area contributed by atoms with Crippen LogP contribution < -0.4 is 0 Å². The lowest BCUT2D eigenvalue weighted by Gasteiger charge is -2.28. The second-order valence-electron chi connectivity index (χ2n) is 3.09. The van der Waals surface area contributed by atoms with Crippen molar-refractivity contribution in [2.45, 2.75) is 67.7 Å². The smallest absolute Gasteiger partial charge is 0.222 e. The number of nitrogens with zero attached hydrogens (tertiary/aromatic N) is 1. The molecule has 0 aromatic heterocycles. The Balaban J connectivity index is -0.000000245. The number of likely N-dealkylation sites (tertiary alicyclic amines) is 1. The Hall–Kier alpha value is -0.530. The number of amides is 1. The summed E-state index contributed by atoms with van der Waals surface area (Å²) in [6, 6.07) is 0. The molecule has 1 amide bonds. The highest BCUT2D eigenvalue weighted by atomic mass is 16.2. The van der Waals surface area contributed by atoms with Gasteiger partial charge in [0.1, 0.15) is 0 Å². The predicted octanol–water partition coefficient (Wildman–Crippen LogP) is 4.34. The highest BCUT2D eigenvalue weighted by Crippen LogP contribution is 2.18. The van der Waals surface area contributed by atoms with E-state index in [1.807, 2.05) is 53.5 Å². The zero-order valence-electron chi connectivity index (χ0n) is 12.8. The molecule has 2 heteroatoms. The normalized spacial score (nSPS) is 18.1. The summed E-state index contributed by atoms with van der Waals surface area (Å²) in [6.07, 6.45) is 3.06. The van der Waals surface area contributed by atoms with E-state index in [0.29, 0.717) is 5.91 Å². The first-order chi connectivity index (χ1) is 7.74. The van der Waals surface area contributed by atoms with Gasteiger partial charge in [0.05, 0.1) is 0 Å². The number of piperidine rings is 1. The maximum Gasteiger partial charge on any atom is 0.222 e. The standard InChI is InChI=1S/C8H15NO.3C2H6/c1-3-7-4-5-8(10)9(2)6-7;3*1-2/h7H,3-6H2,1-2H3;3*1-2H3. The van der Waals surface area contributed by atoms with Crippen molar-refractivity contribution in [1.82, 2.24) is 4.90 Å². The van der Waals surface area contributed by atoms with Crippen LogP contribution >= 0.6 is 0 Å². The quantitative estimate of drug-likeness (QED) is 0.657. The van der Waals surface area contributed by atoms with Gasteiger partial charge in [-0.05, 0) is 12.3 Å². The zero-order chi connectivity index (χ0) is 13.6. The third-order valence-electron chi connectivity index (χ3n) is 2.30. The fraction of sp³-hybridized carbons (Fsp3) is 0.929. The molecular formula is C14H33NO. The van der Waals surface area contributed by atoms with Crippen molar-refractivity contribution in [3.05, 3.63) is 0 Å². The van der Waals surface area contributed by atoms with E-state index in [2.05, 4.69) is 6.92 Å². The molecule has 0 N–H and O–H groups in total. The fourth-order valence-electron chi connectivity index (χ4n) is 1.43. The molecule has 2 nitrogen and oxygen atoms in total. The van der Waals surface area contributed by atoms with E-state index >= 15 is 0 Å². The number of carbonyl (C=O) groups excluding carboxylic acids is 1. The van der Waals surface area contributed by atoms with Crippen molar-refractivity contribution in [3.8, 4) is 0 Å². The molecule has 0 aliphatic carbocycles. The van der Waals surface area contributed by atoms with Gasteiger partial charge in [-0.1, -0.05) is 54.9 Å². The van der Waals surface area contributed by atoms with Crippen LogP contribution in [0.2, 0.25) is 0 Å². The van der Waals surface area contributed by atoms with Crippen LogP contribution in [0.4, 0.5) is 0 Å². The first-order valence-corrected chi connectivity index (χ1v) is 6.98. The van der Waals surface area contributed by atoms with Gasteiger partial charge in [0.2, 0.25) is 5.91 Å². The summed E-state index contributed by atoms with van der Waals surface area (Å²) in [5.41, 5.74) is 0. The number of rotatable bonds is 1. The van der Waals surface area contributed by atoms with Crippen LogP contribution in [-0.4, -0.2) is 24.4 Å². The van der Waals surface area contributed by atoms with Gasteiger partial charge in [-0.2, -0.15) is 0 Å². The van der Waals surface area contributed by atoms with Gasteiger partial charge in [-0.15, -0.1) is 0 Å². The van der Waals surface area contributed by atoms with E-state index in [4.69, 9.17) is 0 Å². The van der Waals surface area contributed by atoms with E-state index in [1.54, 1.807) is 0 Å². The summed E-state index contributed by atoms with van der Waals surface area (Å²) in [7, 11) is 1.89. The zero-order valence-corrected chi connectivity index (χ0v) is 12.8. The second-order valence-corrected chi connectivity index (χ2v) is 3.09. The molecular weight excluding hydrogens is 198 g/mol. The van der Waals surface area contributed by atoms with E-state index in [-0.39, 0.29) is 0 Å². The van der Waals surface area contributed by atoms with Crippen LogP contribution in [0.3, 0.4) is 0 Å². The molecule has 1 heterocycles. The van der Waals surface area contributed by atoms with Crippen LogP contribution in [-0.2, 0) is 4.79 Å². The van der Waals surface area contributed by atoms with Crippen LogP contribution in [0.5, 0.6) is 0 Å². The van der Waals surface area contributed by atoms with Gasteiger partial charge in [0.25, 0.3) is 0 Å². The molecule has 1 aliphatic rings. The molecule has 0 bridgehead atoms. The summed E-state index contributed by atoms with van der Waals surface area (Å²) in [5, 5.41) is 0. The van der Waals surface area contributed by atoms with Gasteiger partial charge >= 0.3 is 0 Å². The molecule has 1 unspecified atom stereocenters. The molecule has 0 aromatic carbocycles. The van der Waals surface area contributed by atoms with Gasteiger partial charge in [0, 0.05) is 20.0 Å². The lowest BCUT2D eigenvalue weighted by Crippen LogP contribution is -2.36. The predicted molar refractivity (Wildman–Crippen MR) is 74.7 cm³/mol. The third kappa shape index (κ3) is 10.0. The Labute approximate surface area is 103 Å². The molecule has 1 aliphatic heterocycles. The molecule has 0 spiro atoms. The Morgan fingerprint density at radius 1 is 1.12 bits per heavy atom. The maximum atomic E-state index is 11.0. The maximum absolute atomic E-state index is 11.0. The average Bonchev–Trinajstić information content (AvgIpc) is 2.40.